The van der Waals surface area contributed by atoms with Crippen LogP contribution in [-0.4, -0.2) is 44.2 Å². The quantitative estimate of drug-likeness (QED) is 0.824. The van der Waals surface area contributed by atoms with Crippen molar-refractivity contribution >= 4 is 5.69 Å². The second kappa shape index (κ2) is 8.19. The molecular weight excluding hydrogens is 327 g/mol. The maximum atomic E-state index is 13.1. The van der Waals surface area contributed by atoms with Crippen LogP contribution in [-0.2, 0) is 11.2 Å². The summed E-state index contributed by atoms with van der Waals surface area (Å²) in [5.74, 6) is -0.170. The normalized spacial score (nSPS) is 21.3. The van der Waals surface area contributed by atoms with E-state index in [0.717, 1.165) is 64.3 Å². The van der Waals surface area contributed by atoms with E-state index in [4.69, 9.17) is 4.74 Å². The molecule has 138 valence electrons. The van der Waals surface area contributed by atoms with Crippen LogP contribution in [0.5, 0.6) is 0 Å². The molecule has 1 fully saturated rings. The number of piperazine rings is 1. The number of fused-ring (bicyclic) bond motifs is 1. The lowest BCUT2D eigenvalue weighted by Gasteiger charge is -2.36. The van der Waals surface area contributed by atoms with Gasteiger partial charge in [0.2, 0.25) is 0 Å². The standard InChI is InChI=1S/C22H27FN2O/c23-19-7-9-20(10-8-19)25-15-13-24(14-16-25)12-11-22-21-6-2-1-4-18(21)5-3-17-26-22/h1-2,4,6-10,22H,3,5,11-17H2. The van der Waals surface area contributed by atoms with Gasteiger partial charge in [-0.1, -0.05) is 24.3 Å². The lowest BCUT2D eigenvalue weighted by Crippen LogP contribution is -2.46. The molecule has 0 N–H and O–H groups in total. The van der Waals surface area contributed by atoms with Gasteiger partial charge in [0.1, 0.15) is 5.82 Å². The number of nitrogens with zero attached hydrogens (tertiary/aromatic N) is 2. The van der Waals surface area contributed by atoms with Crippen molar-refractivity contribution < 1.29 is 9.13 Å². The van der Waals surface area contributed by atoms with Gasteiger partial charge in [-0.2, -0.15) is 0 Å². The number of hydrogen-bond acceptors (Lipinski definition) is 3. The number of aryl methyl sites for hydroxylation is 1. The number of halogens is 1. The SMILES string of the molecule is Fc1ccc(N2CCN(CCC3OCCCc4ccccc43)CC2)cc1. The molecule has 0 saturated carbocycles. The summed E-state index contributed by atoms with van der Waals surface area (Å²) in [7, 11) is 0. The van der Waals surface area contributed by atoms with E-state index >= 15 is 0 Å². The molecule has 2 aromatic carbocycles. The van der Waals surface area contributed by atoms with E-state index < -0.39 is 0 Å². The van der Waals surface area contributed by atoms with Crippen LogP contribution in [0.3, 0.4) is 0 Å². The van der Waals surface area contributed by atoms with E-state index in [1.54, 1.807) is 12.1 Å². The number of anilines is 1. The minimum absolute atomic E-state index is 0.170. The molecule has 2 aliphatic heterocycles. The van der Waals surface area contributed by atoms with Crippen molar-refractivity contribution in [3.05, 3.63) is 65.5 Å². The van der Waals surface area contributed by atoms with Gasteiger partial charge in [-0.25, -0.2) is 4.39 Å². The van der Waals surface area contributed by atoms with E-state index in [9.17, 15) is 4.39 Å². The molecule has 2 aliphatic rings. The van der Waals surface area contributed by atoms with Gasteiger partial charge in [-0.05, 0) is 54.7 Å². The van der Waals surface area contributed by atoms with Crippen LogP contribution in [0.25, 0.3) is 0 Å². The number of rotatable bonds is 4. The van der Waals surface area contributed by atoms with Gasteiger partial charge in [0, 0.05) is 45.0 Å². The predicted octanol–water partition coefficient (Wildman–Crippen LogP) is 4.04. The van der Waals surface area contributed by atoms with Crippen molar-refractivity contribution in [3.63, 3.8) is 0 Å². The predicted molar refractivity (Wildman–Crippen MR) is 103 cm³/mol. The van der Waals surface area contributed by atoms with E-state index in [1.165, 1.54) is 11.1 Å². The van der Waals surface area contributed by atoms with Crippen LogP contribution in [0.1, 0.15) is 30.1 Å². The average Bonchev–Trinajstić information content (AvgIpc) is 2.90. The smallest absolute Gasteiger partial charge is 0.123 e. The van der Waals surface area contributed by atoms with Gasteiger partial charge < -0.3 is 9.64 Å². The average molecular weight is 354 g/mol. The van der Waals surface area contributed by atoms with Crippen LogP contribution in [0.2, 0.25) is 0 Å². The van der Waals surface area contributed by atoms with Gasteiger partial charge in [0.15, 0.2) is 0 Å². The first-order valence-electron chi connectivity index (χ1n) is 9.72. The summed E-state index contributed by atoms with van der Waals surface area (Å²) in [6, 6.07) is 15.6. The Bertz CT molecular complexity index is 710. The maximum absolute atomic E-state index is 13.1. The lowest BCUT2D eigenvalue weighted by molar-refractivity contribution is 0.0420. The molecule has 3 nitrogen and oxygen atoms in total. The highest BCUT2D eigenvalue weighted by atomic mass is 19.1. The lowest BCUT2D eigenvalue weighted by atomic mass is 9.98. The Hall–Kier alpha value is -1.91. The monoisotopic (exact) mass is 354 g/mol. The van der Waals surface area contributed by atoms with Crippen molar-refractivity contribution in [2.75, 3.05) is 44.2 Å². The molecule has 2 aromatic rings. The maximum Gasteiger partial charge on any atom is 0.123 e. The number of hydrogen-bond donors (Lipinski definition) is 0. The summed E-state index contributed by atoms with van der Waals surface area (Å²) in [6.07, 6.45) is 3.52. The molecule has 0 radical (unpaired) electrons. The largest absolute Gasteiger partial charge is 0.373 e. The van der Waals surface area contributed by atoms with E-state index in [2.05, 4.69) is 34.1 Å². The molecule has 2 heterocycles. The van der Waals surface area contributed by atoms with Crippen LogP contribution < -0.4 is 4.90 Å². The fraction of sp³-hybridized carbons (Fsp3) is 0.455. The summed E-state index contributed by atoms with van der Waals surface area (Å²) < 4.78 is 19.2. The minimum atomic E-state index is -0.170. The molecule has 1 unspecified atom stereocenters. The van der Waals surface area contributed by atoms with Gasteiger partial charge in [0.05, 0.1) is 6.10 Å². The topological polar surface area (TPSA) is 15.7 Å². The number of benzene rings is 2. The number of ether oxygens (including phenoxy) is 1. The third kappa shape index (κ3) is 4.08. The summed E-state index contributed by atoms with van der Waals surface area (Å²) in [4.78, 5) is 4.87. The molecular formula is C22H27FN2O. The second-order valence-corrected chi connectivity index (χ2v) is 7.26. The molecule has 4 heteroatoms. The van der Waals surface area contributed by atoms with E-state index in [-0.39, 0.29) is 11.9 Å². The van der Waals surface area contributed by atoms with Gasteiger partial charge in [0.25, 0.3) is 0 Å². The summed E-state index contributed by atoms with van der Waals surface area (Å²) in [5, 5.41) is 0. The summed E-state index contributed by atoms with van der Waals surface area (Å²) in [5.41, 5.74) is 3.96. The molecule has 1 saturated heterocycles. The summed E-state index contributed by atoms with van der Waals surface area (Å²) in [6.45, 7) is 6.01. The Balaban J connectivity index is 1.30. The zero-order valence-electron chi connectivity index (χ0n) is 15.2. The first-order valence-corrected chi connectivity index (χ1v) is 9.72. The van der Waals surface area contributed by atoms with Gasteiger partial charge in [-0.3, -0.25) is 4.90 Å². The highest BCUT2D eigenvalue weighted by Crippen LogP contribution is 2.29. The van der Waals surface area contributed by atoms with Crippen LogP contribution in [0, 0.1) is 5.82 Å². The molecule has 0 amide bonds. The van der Waals surface area contributed by atoms with Crippen molar-refractivity contribution in [1.82, 2.24) is 4.90 Å². The highest BCUT2D eigenvalue weighted by Gasteiger charge is 2.22. The van der Waals surface area contributed by atoms with Gasteiger partial charge in [-0.15, -0.1) is 0 Å². The summed E-state index contributed by atoms with van der Waals surface area (Å²) >= 11 is 0. The second-order valence-electron chi connectivity index (χ2n) is 7.26. The Kier molecular flexibility index (Phi) is 5.51. The zero-order chi connectivity index (χ0) is 17.8. The Morgan fingerprint density at radius 3 is 2.54 bits per heavy atom. The van der Waals surface area contributed by atoms with E-state index in [0.29, 0.717) is 0 Å². The van der Waals surface area contributed by atoms with Crippen LogP contribution >= 0.6 is 0 Å². The van der Waals surface area contributed by atoms with E-state index in [1.807, 2.05) is 12.1 Å². The van der Waals surface area contributed by atoms with Crippen LogP contribution in [0.4, 0.5) is 10.1 Å². The fourth-order valence-corrected chi connectivity index (χ4v) is 4.07. The fourth-order valence-electron chi connectivity index (χ4n) is 4.07. The van der Waals surface area contributed by atoms with Gasteiger partial charge >= 0.3 is 0 Å². The Morgan fingerprint density at radius 2 is 1.73 bits per heavy atom. The first kappa shape index (κ1) is 17.5. The minimum Gasteiger partial charge on any atom is -0.373 e. The van der Waals surface area contributed by atoms with Crippen LogP contribution in [0.15, 0.2) is 48.5 Å². The molecule has 26 heavy (non-hydrogen) atoms. The van der Waals surface area contributed by atoms with Crippen molar-refractivity contribution in [1.29, 1.82) is 0 Å². The highest BCUT2D eigenvalue weighted by molar-refractivity contribution is 5.46. The van der Waals surface area contributed by atoms with Crippen molar-refractivity contribution in [2.24, 2.45) is 0 Å². The van der Waals surface area contributed by atoms with Crippen molar-refractivity contribution in [3.8, 4) is 0 Å². The molecule has 1 atom stereocenters. The van der Waals surface area contributed by atoms with Crippen molar-refractivity contribution in [2.45, 2.75) is 25.4 Å². The zero-order valence-corrected chi connectivity index (χ0v) is 15.2. The molecule has 0 aliphatic carbocycles. The molecule has 0 aromatic heterocycles. The molecule has 4 rings (SSSR count). The third-order valence-electron chi connectivity index (χ3n) is 5.58. The molecule has 0 bridgehead atoms. The Labute approximate surface area is 155 Å². The third-order valence-corrected chi connectivity index (χ3v) is 5.58. The Morgan fingerprint density at radius 1 is 0.962 bits per heavy atom. The molecule has 0 spiro atoms. The first-order chi connectivity index (χ1) is 12.8.